The van der Waals surface area contributed by atoms with E-state index >= 15 is 0 Å². The number of piperidine rings is 6. The summed E-state index contributed by atoms with van der Waals surface area (Å²) in [5, 5.41) is 0. The zero-order chi connectivity index (χ0) is 19.5. The van der Waals surface area contributed by atoms with E-state index in [1.807, 2.05) is 0 Å². The van der Waals surface area contributed by atoms with Crippen molar-refractivity contribution in [2.75, 3.05) is 52.4 Å². The molecule has 2 nitrogen and oxygen atoms in total. The highest BCUT2D eigenvalue weighted by atomic mass is 15.4. The Labute approximate surface area is 176 Å². The average molecular weight is 391 g/mol. The lowest BCUT2D eigenvalue weighted by atomic mass is 9.78. The smallest absolute Gasteiger partial charge is 0.0815 e. The molecule has 0 saturated carbocycles. The highest BCUT2D eigenvalue weighted by Gasteiger charge is 2.44. The van der Waals surface area contributed by atoms with Gasteiger partial charge in [0, 0.05) is 37.5 Å². The third-order valence-corrected chi connectivity index (χ3v) is 9.87. The zero-order valence-corrected chi connectivity index (χ0v) is 19.3. The highest BCUT2D eigenvalue weighted by molar-refractivity contribution is 4.78. The molecule has 4 bridgehead atoms. The van der Waals surface area contributed by atoms with Crippen LogP contribution in [0.4, 0.5) is 0 Å². The quantitative estimate of drug-likeness (QED) is 0.306. The molecule has 2 unspecified atom stereocenters. The molecule has 0 N–H and O–H groups in total. The van der Waals surface area contributed by atoms with Gasteiger partial charge in [-0.2, -0.15) is 0 Å². The van der Waals surface area contributed by atoms with Crippen LogP contribution in [0.2, 0.25) is 0 Å². The Morgan fingerprint density at radius 2 is 0.821 bits per heavy atom. The molecule has 0 aromatic carbocycles. The molecule has 6 saturated heterocycles. The van der Waals surface area contributed by atoms with Crippen molar-refractivity contribution in [3.63, 3.8) is 0 Å². The first-order valence-electron chi connectivity index (χ1n) is 13.3. The van der Waals surface area contributed by atoms with Gasteiger partial charge in [0.05, 0.1) is 52.4 Å². The van der Waals surface area contributed by atoms with Crippen molar-refractivity contribution in [1.29, 1.82) is 0 Å². The summed E-state index contributed by atoms with van der Waals surface area (Å²) in [4.78, 5) is 0. The molecule has 0 amide bonds. The van der Waals surface area contributed by atoms with Gasteiger partial charge >= 0.3 is 0 Å². The molecule has 0 aliphatic carbocycles. The van der Waals surface area contributed by atoms with E-state index in [4.69, 9.17) is 0 Å². The summed E-state index contributed by atoms with van der Waals surface area (Å²) in [5.41, 5.74) is 0. The first-order valence-corrected chi connectivity index (χ1v) is 13.3. The monoisotopic (exact) mass is 390 g/mol. The first kappa shape index (κ1) is 21.2. The predicted molar refractivity (Wildman–Crippen MR) is 120 cm³/mol. The molecule has 0 radical (unpaired) electrons. The fraction of sp³-hybridized carbons (Fsp3) is 1.00. The second-order valence-electron chi connectivity index (χ2n) is 11.8. The Morgan fingerprint density at radius 1 is 0.500 bits per heavy atom. The van der Waals surface area contributed by atoms with Gasteiger partial charge < -0.3 is 8.97 Å². The van der Waals surface area contributed by atoms with Gasteiger partial charge in [-0.15, -0.1) is 0 Å². The summed E-state index contributed by atoms with van der Waals surface area (Å²) in [6, 6.07) is 0. The van der Waals surface area contributed by atoms with E-state index in [1.165, 1.54) is 138 Å². The molecule has 162 valence electrons. The fourth-order valence-corrected chi connectivity index (χ4v) is 7.88. The Balaban J connectivity index is 0.996. The Hall–Kier alpha value is -0.0800. The van der Waals surface area contributed by atoms with Crippen molar-refractivity contribution in [2.45, 2.75) is 90.9 Å². The van der Waals surface area contributed by atoms with Crippen LogP contribution >= 0.6 is 0 Å². The molecule has 2 atom stereocenters. The maximum atomic E-state index is 2.52. The largest absolute Gasteiger partial charge is 0.323 e. The molecule has 6 heterocycles. The number of quaternary nitrogens is 2. The summed E-state index contributed by atoms with van der Waals surface area (Å²) in [7, 11) is 0. The summed E-state index contributed by atoms with van der Waals surface area (Å²) in [6.45, 7) is 17.1. The van der Waals surface area contributed by atoms with E-state index in [-0.39, 0.29) is 0 Å². The van der Waals surface area contributed by atoms with Crippen molar-refractivity contribution < 1.29 is 8.97 Å². The van der Waals surface area contributed by atoms with Gasteiger partial charge in [-0.1, -0.05) is 39.5 Å². The van der Waals surface area contributed by atoms with E-state index in [9.17, 15) is 0 Å². The van der Waals surface area contributed by atoms with Gasteiger partial charge in [-0.3, -0.25) is 0 Å². The molecule has 6 fully saturated rings. The van der Waals surface area contributed by atoms with Crippen LogP contribution in [0.1, 0.15) is 90.9 Å². The van der Waals surface area contributed by atoms with Gasteiger partial charge in [0.25, 0.3) is 0 Å². The van der Waals surface area contributed by atoms with Gasteiger partial charge in [0.15, 0.2) is 0 Å². The molecule has 28 heavy (non-hydrogen) atoms. The minimum Gasteiger partial charge on any atom is -0.323 e. The Bertz CT molecular complexity index is 427. The molecule has 0 aromatic rings. The molecular formula is C26H50N2+2. The maximum Gasteiger partial charge on any atom is 0.0815 e. The number of hydrogen-bond acceptors (Lipinski definition) is 0. The van der Waals surface area contributed by atoms with Crippen molar-refractivity contribution in [1.82, 2.24) is 0 Å². The van der Waals surface area contributed by atoms with E-state index in [1.54, 1.807) is 0 Å². The van der Waals surface area contributed by atoms with Crippen LogP contribution in [0.3, 0.4) is 0 Å². The minimum absolute atomic E-state index is 1.01. The van der Waals surface area contributed by atoms with Gasteiger partial charge in [-0.25, -0.2) is 0 Å². The van der Waals surface area contributed by atoms with Crippen LogP contribution in [0, 0.1) is 23.7 Å². The third kappa shape index (κ3) is 4.97. The van der Waals surface area contributed by atoms with Crippen LogP contribution in [-0.4, -0.2) is 61.3 Å². The Kier molecular flexibility index (Phi) is 7.09. The topological polar surface area (TPSA) is 0 Å². The van der Waals surface area contributed by atoms with E-state index < -0.39 is 0 Å². The SMILES string of the molecule is CC1C[N+]2(CCCCCCCCCC[N+]34CCC(CC3)C(C)C4)CCC1CC2. The van der Waals surface area contributed by atoms with Crippen molar-refractivity contribution in [3.8, 4) is 0 Å². The second kappa shape index (κ2) is 9.38. The van der Waals surface area contributed by atoms with Crippen LogP contribution in [0.15, 0.2) is 0 Å². The first-order chi connectivity index (χ1) is 13.6. The lowest BCUT2D eigenvalue weighted by Gasteiger charge is -2.52. The summed E-state index contributed by atoms with van der Waals surface area (Å²) < 4.78 is 2.99. The fourth-order valence-electron chi connectivity index (χ4n) is 7.88. The minimum atomic E-state index is 1.01. The summed E-state index contributed by atoms with van der Waals surface area (Å²) >= 11 is 0. The number of rotatable bonds is 11. The average Bonchev–Trinajstić information content (AvgIpc) is 2.71. The highest BCUT2D eigenvalue weighted by Crippen LogP contribution is 2.38. The van der Waals surface area contributed by atoms with Crippen molar-refractivity contribution >= 4 is 0 Å². The predicted octanol–water partition coefficient (Wildman–Crippen LogP) is 5.86. The lowest BCUT2D eigenvalue weighted by molar-refractivity contribution is -0.946. The normalized spacial score (nSPS) is 42.2. The standard InChI is InChI=1S/C26H50N2/c1-23-21-27(17-11-25(23)12-18-27)15-9-7-5-3-4-6-8-10-16-28-19-13-26(14-20-28)24(2)22-28/h23-26H,3-22H2,1-2H3/q+2. The summed E-state index contributed by atoms with van der Waals surface area (Å²) in [5.74, 6) is 4.17. The molecule has 6 rings (SSSR count). The molecule has 0 aromatic heterocycles. The van der Waals surface area contributed by atoms with Gasteiger partial charge in [0.2, 0.25) is 0 Å². The molecule has 0 spiro atoms. The van der Waals surface area contributed by atoms with Crippen LogP contribution in [0.25, 0.3) is 0 Å². The number of fused-ring (bicyclic) bond motifs is 6. The molecule has 2 heteroatoms. The third-order valence-electron chi connectivity index (χ3n) is 9.87. The van der Waals surface area contributed by atoms with Gasteiger partial charge in [0.1, 0.15) is 0 Å². The molecule has 6 aliphatic rings. The van der Waals surface area contributed by atoms with Crippen molar-refractivity contribution in [3.05, 3.63) is 0 Å². The van der Waals surface area contributed by atoms with Crippen LogP contribution < -0.4 is 0 Å². The van der Waals surface area contributed by atoms with E-state index in [0.29, 0.717) is 0 Å². The summed E-state index contributed by atoms with van der Waals surface area (Å²) in [6.07, 6.45) is 18.1. The van der Waals surface area contributed by atoms with E-state index in [2.05, 4.69) is 13.8 Å². The molecule has 6 aliphatic heterocycles. The zero-order valence-electron chi connectivity index (χ0n) is 19.3. The Morgan fingerprint density at radius 3 is 1.14 bits per heavy atom. The number of hydrogen-bond donors (Lipinski definition) is 0. The second-order valence-corrected chi connectivity index (χ2v) is 11.8. The van der Waals surface area contributed by atoms with Crippen molar-refractivity contribution in [2.24, 2.45) is 23.7 Å². The number of nitrogens with zero attached hydrogens (tertiary/aromatic N) is 2. The molecular weight excluding hydrogens is 340 g/mol. The van der Waals surface area contributed by atoms with E-state index in [0.717, 1.165) is 23.7 Å². The number of unbranched alkanes of at least 4 members (excludes halogenated alkanes) is 7. The lowest BCUT2D eigenvalue weighted by Crippen LogP contribution is -2.61. The van der Waals surface area contributed by atoms with Crippen LogP contribution in [0.5, 0.6) is 0 Å². The van der Waals surface area contributed by atoms with Crippen LogP contribution in [-0.2, 0) is 0 Å². The maximum absolute atomic E-state index is 2.52. The van der Waals surface area contributed by atoms with Gasteiger partial charge in [-0.05, 0) is 37.5 Å².